The lowest BCUT2D eigenvalue weighted by Crippen LogP contribution is -2.62. The zero-order valence-electron chi connectivity index (χ0n) is 29.5. The van der Waals surface area contributed by atoms with Crippen LogP contribution >= 0.6 is 0 Å². The number of carbonyl (C=O) groups excluding carboxylic acids is 6. The first-order chi connectivity index (χ1) is 23.3. The number of amides is 5. The van der Waals surface area contributed by atoms with Gasteiger partial charge in [0.1, 0.15) is 23.8 Å². The summed E-state index contributed by atoms with van der Waals surface area (Å²) in [7, 11) is 0. The van der Waals surface area contributed by atoms with Crippen LogP contribution in [0.2, 0.25) is 0 Å². The molecular weight excluding hydrogens is 626 g/mol. The van der Waals surface area contributed by atoms with Crippen molar-refractivity contribution in [2.75, 3.05) is 6.54 Å². The molecule has 5 atom stereocenters. The molecule has 13 heteroatoms. The molecule has 5 amide bonds. The Labute approximate surface area is 289 Å². The molecule has 0 radical (unpaired) electrons. The maximum absolute atomic E-state index is 14.7. The number of likely N-dealkylation sites (tertiary alicyclic amines) is 1. The maximum atomic E-state index is 14.7. The molecule has 4 rings (SSSR count). The van der Waals surface area contributed by atoms with E-state index in [2.05, 4.69) is 25.9 Å². The maximum Gasteiger partial charge on any atom is 0.287 e. The van der Waals surface area contributed by atoms with Gasteiger partial charge in [-0.15, -0.1) is 0 Å². The van der Waals surface area contributed by atoms with E-state index in [0.717, 1.165) is 64.2 Å². The summed E-state index contributed by atoms with van der Waals surface area (Å²) in [5.41, 5.74) is 4.65. The van der Waals surface area contributed by atoms with E-state index in [1.54, 1.807) is 4.90 Å². The molecule has 3 aliphatic rings. The van der Waals surface area contributed by atoms with E-state index < -0.39 is 64.9 Å². The van der Waals surface area contributed by atoms with Gasteiger partial charge in [0.15, 0.2) is 0 Å². The average molecular weight is 682 g/mol. The van der Waals surface area contributed by atoms with E-state index >= 15 is 0 Å². The molecule has 1 aromatic heterocycles. The molecule has 270 valence electrons. The predicted octanol–water partition coefficient (Wildman–Crippen LogP) is 2.82. The van der Waals surface area contributed by atoms with Crippen molar-refractivity contribution in [1.29, 1.82) is 0 Å². The first-order valence-corrected chi connectivity index (χ1v) is 18.1. The Morgan fingerprint density at radius 2 is 1.55 bits per heavy atom. The van der Waals surface area contributed by atoms with E-state index in [1.165, 1.54) is 18.6 Å². The van der Waals surface area contributed by atoms with Gasteiger partial charge >= 0.3 is 0 Å². The van der Waals surface area contributed by atoms with Gasteiger partial charge in [-0.1, -0.05) is 85.5 Å². The highest BCUT2D eigenvalue weighted by Crippen LogP contribution is 2.40. The number of carbonyl (C=O) groups is 6. The minimum absolute atomic E-state index is 0.0930. The SMILES string of the molecule is CCCC(NC(=O)[C@@H]1[C@@H](C2CCCCC2)CCN1C(=O)[C@@H](NC(=O)[C@@H](NC(=O)c1cnccn1)C1CCCCC1)C(C)(C)C)C(=O)C(N)=O. The Balaban J connectivity index is 1.62. The van der Waals surface area contributed by atoms with Gasteiger partial charge in [-0.25, -0.2) is 4.98 Å². The Bertz CT molecular complexity index is 1340. The summed E-state index contributed by atoms with van der Waals surface area (Å²) < 4.78 is 0. The Kier molecular flexibility index (Phi) is 13.3. The summed E-state index contributed by atoms with van der Waals surface area (Å²) in [5.74, 6) is -3.85. The summed E-state index contributed by atoms with van der Waals surface area (Å²) in [6.07, 6.45) is 15.2. The van der Waals surface area contributed by atoms with Crippen LogP contribution in [0.4, 0.5) is 0 Å². The van der Waals surface area contributed by atoms with Crippen LogP contribution in [0.5, 0.6) is 0 Å². The van der Waals surface area contributed by atoms with Crippen LogP contribution in [0.15, 0.2) is 18.6 Å². The van der Waals surface area contributed by atoms with Crippen molar-refractivity contribution >= 4 is 35.3 Å². The Morgan fingerprint density at radius 1 is 0.898 bits per heavy atom. The van der Waals surface area contributed by atoms with E-state index in [-0.39, 0.29) is 29.9 Å². The third-order valence-corrected chi connectivity index (χ3v) is 10.6. The first-order valence-electron chi connectivity index (χ1n) is 18.1. The summed E-state index contributed by atoms with van der Waals surface area (Å²) in [4.78, 5) is 90.2. The third kappa shape index (κ3) is 9.63. The fourth-order valence-electron chi connectivity index (χ4n) is 7.98. The van der Waals surface area contributed by atoms with Gasteiger partial charge in [0.2, 0.25) is 23.5 Å². The minimum atomic E-state index is -1.11. The zero-order chi connectivity index (χ0) is 35.7. The van der Waals surface area contributed by atoms with Gasteiger partial charge in [-0.05, 0) is 48.9 Å². The van der Waals surface area contributed by atoms with Gasteiger partial charge in [-0.2, -0.15) is 0 Å². The molecule has 1 saturated heterocycles. The molecule has 5 N–H and O–H groups in total. The Morgan fingerprint density at radius 3 is 2.12 bits per heavy atom. The van der Waals surface area contributed by atoms with E-state index in [0.29, 0.717) is 19.4 Å². The van der Waals surface area contributed by atoms with Crippen molar-refractivity contribution in [3.63, 3.8) is 0 Å². The lowest BCUT2D eigenvalue weighted by Gasteiger charge is -2.39. The van der Waals surface area contributed by atoms with Crippen LogP contribution in [-0.2, 0) is 24.0 Å². The highest BCUT2D eigenvalue weighted by molar-refractivity contribution is 6.37. The van der Waals surface area contributed by atoms with Gasteiger partial charge in [0.25, 0.3) is 11.8 Å². The van der Waals surface area contributed by atoms with Gasteiger partial charge in [0.05, 0.1) is 12.2 Å². The molecule has 1 unspecified atom stereocenters. The van der Waals surface area contributed by atoms with E-state index in [9.17, 15) is 28.8 Å². The number of Topliss-reactive ketones (excluding diaryl/α,β-unsaturated/α-hetero) is 1. The van der Waals surface area contributed by atoms with Crippen molar-refractivity contribution in [3.05, 3.63) is 24.3 Å². The molecule has 13 nitrogen and oxygen atoms in total. The highest BCUT2D eigenvalue weighted by Gasteiger charge is 2.49. The smallest absolute Gasteiger partial charge is 0.287 e. The third-order valence-electron chi connectivity index (χ3n) is 10.6. The summed E-state index contributed by atoms with van der Waals surface area (Å²) >= 11 is 0. The van der Waals surface area contributed by atoms with Crippen molar-refractivity contribution < 1.29 is 28.8 Å². The monoisotopic (exact) mass is 681 g/mol. The van der Waals surface area contributed by atoms with Crippen molar-refractivity contribution in [2.45, 2.75) is 135 Å². The molecule has 49 heavy (non-hydrogen) atoms. The Hall–Kier alpha value is -3.90. The number of nitrogens with two attached hydrogens (primary N) is 1. The summed E-state index contributed by atoms with van der Waals surface area (Å²) in [6.45, 7) is 7.73. The number of hydrogen-bond donors (Lipinski definition) is 4. The number of nitrogens with zero attached hydrogens (tertiary/aromatic N) is 3. The fraction of sp³-hybridized carbons (Fsp3) is 0.722. The van der Waals surface area contributed by atoms with E-state index in [4.69, 9.17) is 5.73 Å². The molecule has 0 bridgehead atoms. The number of rotatable bonds is 13. The standard InChI is InChI=1S/C36H55N7O6/c1-5-12-25(29(44)31(37)45)40-34(48)28-24(22-13-8-6-9-14-22)17-20-43(28)35(49)30(36(2,3)4)42-33(47)27(23-15-10-7-11-16-23)41-32(46)26-21-38-18-19-39-26/h18-19,21-25,27-28,30H,5-17,20H2,1-4H3,(H2,37,45)(H,40,48)(H,41,46)(H,42,47)/t24-,25?,27+,28+,30-/m1/s1. The highest BCUT2D eigenvalue weighted by atomic mass is 16.2. The van der Waals surface area contributed by atoms with E-state index in [1.807, 2.05) is 27.7 Å². The summed E-state index contributed by atoms with van der Waals surface area (Å²) in [5, 5.41) is 8.68. The van der Waals surface area contributed by atoms with Gasteiger partial charge in [0, 0.05) is 18.9 Å². The second kappa shape index (κ2) is 17.2. The number of aromatic nitrogens is 2. The normalized spacial score (nSPS) is 22.4. The fourth-order valence-corrected chi connectivity index (χ4v) is 7.98. The second-order valence-corrected chi connectivity index (χ2v) is 15.2. The lowest BCUT2D eigenvalue weighted by atomic mass is 9.76. The van der Waals surface area contributed by atoms with Crippen LogP contribution in [-0.4, -0.2) is 80.9 Å². The van der Waals surface area contributed by atoms with Crippen LogP contribution in [0.3, 0.4) is 0 Å². The predicted molar refractivity (Wildman–Crippen MR) is 182 cm³/mol. The van der Waals surface area contributed by atoms with Crippen LogP contribution in [0.1, 0.15) is 122 Å². The minimum Gasteiger partial charge on any atom is -0.363 e. The quantitative estimate of drug-likeness (QED) is 0.228. The molecule has 2 saturated carbocycles. The van der Waals surface area contributed by atoms with Gasteiger partial charge < -0.3 is 26.6 Å². The van der Waals surface area contributed by atoms with Crippen molar-refractivity contribution in [3.8, 4) is 0 Å². The molecular formula is C36H55N7O6. The number of nitrogens with one attached hydrogen (secondary N) is 3. The largest absolute Gasteiger partial charge is 0.363 e. The first kappa shape index (κ1) is 37.9. The molecule has 2 heterocycles. The topological polar surface area (TPSA) is 194 Å². The van der Waals surface area contributed by atoms with Crippen LogP contribution in [0.25, 0.3) is 0 Å². The number of primary amides is 1. The zero-order valence-corrected chi connectivity index (χ0v) is 29.5. The molecule has 0 spiro atoms. The number of hydrogen-bond acceptors (Lipinski definition) is 8. The number of ketones is 1. The summed E-state index contributed by atoms with van der Waals surface area (Å²) in [6, 6.07) is -3.86. The van der Waals surface area contributed by atoms with Crippen LogP contribution in [0, 0.1) is 23.2 Å². The van der Waals surface area contributed by atoms with Crippen molar-refractivity contribution in [2.24, 2.45) is 28.9 Å². The average Bonchev–Trinajstić information content (AvgIpc) is 3.55. The molecule has 1 aromatic rings. The second-order valence-electron chi connectivity index (χ2n) is 15.2. The molecule has 1 aliphatic heterocycles. The molecule has 0 aromatic carbocycles. The molecule has 3 fully saturated rings. The van der Waals surface area contributed by atoms with Crippen LogP contribution < -0.4 is 21.7 Å². The van der Waals surface area contributed by atoms with Gasteiger partial charge in [-0.3, -0.25) is 33.8 Å². The van der Waals surface area contributed by atoms with Crippen molar-refractivity contribution in [1.82, 2.24) is 30.8 Å². The molecule has 2 aliphatic carbocycles. The lowest BCUT2D eigenvalue weighted by molar-refractivity contribution is -0.146.